The second-order valence-corrected chi connectivity index (χ2v) is 5.06. The number of hydrogen-bond acceptors (Lipinski definition) is 4. The predicted molar refractivity (Wildman–Crippen MR) is 59.1 cm³/mol. The van der Waals surface area contributed by atoms with Gasteiger partial charge in [0.05, 0.1) is 17.8 Å². The second-order valence-electron chi connectivity index (χ2n) is 2.95. The lowest BCUT2D eigenvalue weighted by Crippen LogP contribution is -2.09. The Labute approximate surface area is 93.4 Å². The molecule has 0 atom stereocenters. The summed E-state index contributed by atoms with van der Waals surface area (Å²) in [6.07, 6.45) is 0. The Kier molecular flexibility index (Phi) is 4.16. The number of hydrogen-bond donors (Lipinski definition) is 0. The molecule has 0 unspecified atom stereocenters. The van der Waals surface area contributed by atoms with E-state index in [-0.39, 0.29) is 17.2 Å². The fourth-order valence-electron chi connectivity index (χ4n) is 1.12. The first kappa shape index (κ1) is 12.4. The van der Waals surface area contributed by atoms with Gasteiger partial charge in [-0.1, -0.05) is 11.2 Å². The molecule has 0 saturated carbocycles. The summed E-state index contributed by atoms with van der Waals surface area (Å²) in [5.74, 6) is 0.273. The molecule has 0 amide bonds. The van der Waals surface area contributed by atoms with Crippen LogP contribution >= 0.6 is 0 Å². The van der Waals surface area contributed by atoms with E-state index < -0.39 is 9.84 Å². The average Bonchev–Trinajstić information content (AvgIpc) is 2.29. The van der Waals surface area contributed by atoms with Gasteiger partial charge in [-0.05, 0) is 23.7 Å². The number of nitrogens with zero attached hydrogens (tertiary/aromatic N) is 3. The van der Waals surface area contributed by atoms with Crippen molar-refractivity contribution < 1.29 is 13.2 Å². The van der Waals surface area contributed by atoms with Gasteiger partial charge in [-0.15, -0.1) is 0 Å². The van der Waals surface area contributed by atoms with E-state index >= 15 is 0 Å². The van der Waals surface area contributed by atoms with E-state index in [1.54, 1.807) is 12.1 Å². The standard InChI is InChI=1S/C9H11N3O3S/c1-15-8-3-2-4-9(7-8)16(13,14)6-5-11-12-10/h2-4,7H,5-6H2,1H3. The maximum Gasteiger partial charge on any atom is 0.178 e. The second kappa shape index (κ2) is 5.39. The summed E-state index contributed by atoms with van der Waals surface area (Å²) < 4.78 is 28.4. The van der Waals surface area contributed by atoms with Gasteiger partial charge in [0.1, 0.15) is 5.75 Å². The highest BCUT2D eigenvalue weighted by Gasteiger charge is 2.13. The van der Waals surface area contributed by atoms with E-state index in [4.69, 9.17) is 10.3 Å². The highest BCUT2D eigenvalue weighted by Crippen LogP contribution is 2.18. The van der Waals surface area contributed by atoms with E-state index in [2.05, 4.69) is 10.0 Å². The summed E-state index contributed by atoms with van der Waals surface area (Å²) in [5.41, 5.74) is 8.06. The third-order valence-electron chi connectivity index (χ3n) is 1.92. The van der Waals surface area contributed by atoms with Crippen LogP contribution in [0.25, 0.3) is 10.4 Å². The molecule has 0 saturated heterocycles. The molecule has 0 aromatic heterocycles. The average molecular weight is 241 g/mol. The molecule has 0 heterocycles. The maximum absolute atomic E-state index is 11.7. The number of azide groups is 1. The van der Waals surface area contributed by atoms with Gasteiger partial charge in [0.25, 0.3) is 0 Å². The van der Waals surface area contributed by atoms with E-state index in [9.17, 15) is 8.42 Å². The van der Waals surface area contributed by atoms with Crippen LogP contribution < -0.4 is 4.74 Å². The van der Waals surface area contributed by atoms with Crippen molar-refractivity contribution in [1.82, 2.24) is 0 Å². The molecule has 0 spiro atoms. The zero-order valence-corrected chi connectivity index (χ0v) is 9.51. The molecule has 0 aliphatic heterocycles. The maximum atomic E-state index is 11.7. The first-order valence-electron chi connectivity index (χ1n) is 4.48. The Morgan fingerprint density at radius 1 is 1.50 bits per heavy atom. The van der Waals surface area contributed by atoms with Crippen LogP contribution in [0.2, 0.25) is 0 Å². The Balaban J connectivity index is 2.93. The summed E-state index contributed by atoms with van der Waals surface area (Å²) in [4.78, 5) is 2.67. The minimum atomic E-state index is -3.41. The molecule has 0 aliphatic rings. The SMILES string of the molecule is COc1cccc(S(=O)(=O)CCN=[N+]=[N-])c1. The van der Waals surface area contributed by atoms with E-state index in [0.717, 1.165) is 0 Å². The van der Waals surface area contributed by atoms with Crippen molar-refractivity contribution in [2.24, 2.45) is 5.11 Å². The fourth-order valence-corrected chi connectivity index (χ4v) is 2.26. The van der Waals surface area contributed by atoms with Crippen LogP contribution in [0.5, 0.6) is 5.75 Å². The fraction of sp³-hybridized carbons (Fsp3) is 0.333. The smallest absolute Gasteiger partial charge is 0.178 e. The van der Waals surface area contributed by atoms with Crippen LogP contribution in [0.1, 0.15) is 0 Å². The van der Waals surface area contributed by atoms with Crippen molar-refractivity contribution in [2.75, 3.05) is 19.4 Å². The van der Waals surface area contributed by atoms with E-state index in [1.807, 2.05) is 0 Å². The van der Waals surface area contributed by atoms with Gasteiger partial charge in [0.2, 0.25) is 0 Å². The van der Waals surface area contributed by atoms with Crippen LogP contribution in [0, 0.1) is 0 Å². The van der Waals surface area contributed by atoms with Gasteiger partial charge in [-0.2, -0.15) is 0 Å². The van der Waals surface area contributed by atoms with E-state index in [1.165, 1.54) is 19.2 Å². The molecule has 1 rings (SSSR count). The minimum absolute atomic E-state index is 0.0734. The molecule has 86 valence electrons. The van der Waals surface area contributed by atoms with Crippen LogP contribution in [-0.2, 0) is 9.84 Å². The van der Waals surface area contributed by atoms with Gasteiger partial charge in [0.15, 0.2) is 9.84 Å². The molecule has 0 aliphatic carbocycles. The number of rotatable bonds is 5. The zero-order chi connectivity index (χ0) is 12.0. The van der Waals surface area contributed by atoms with Crippen LogP contribution in [0.15, 0.2) is 34.3 Å². The lowest BCUT2D eigenvalue weighted by atomic mass is 10.3. The molecule has 7 heteroatoms. The molecular formula is C9H11N3O3S. The molecule has 0 fully saturated rings. The number of sulfone groups is 1. The Bertz CT molecular complexity index is 506. The molecule has 16 heavy (non-hydrogen) atoms. The molecule has 1 aromatic carbocycles. The van der Waals surface area contributed by atoms with Crippen molar-refractivity contribution in [3.05, 3.63) is 34.7 Å². The minimum Gasteiger partial charge on any atom is -0.497 e. The third kappa shape index (κ3) is 3.15. The lowest BCUT2D eigenvalue weighted by molar-refractivity contribution is 0.413. The first-order chi connectivity index (χ1) is 7.60. The van der Waals surface area contributed by atoms with Crippen molar-refractivity contribution in [3.63, 3.8) is 0 Å². The van der Waals surface area contributed by atoms with Gasteiger partial charge in [0, 0.05) is 11.5 Å². The highest BCUT2D eigenvalue weighted by molar-refractivity contribution is 7.91. The number of benzene rings is 1. The molecule has 6 nitrogen and oxygen atoms in total. The van der Waals surface area contributed by atoms with Gasteiger partial charge in [-0.25, -0.2) is 8.42 Å². The van der Waals surface area contributed by atoms with Gasteiger partial charge < -0.3 is 4.74 Å². The normalized spacial score (nSPS) is 10.6. The van der Waals surface area contributed by atoms with Crippen molar-refractivity contribution in [3.8, 4) is 5.75 Å². The molecule has 1 aromatic rings. The third-order valence-corrected chi connectivity index (χ3v) is 3.62. The summed E-state index contributed by atoms with van der Waals surface area (Å²) in [5, 5.41) is 3.20. The van der Waals surface area contributed by atoms with Crippen LogP contribution in [0.4, 0.5) is 0 Å². The van der Waals surface area contributed by atoms with Crippen LogP contribution in [0.3, 0.4) is 0 Å². The van der Waals surface area contributed by atoms with Crippen molar-refractivity contribution in [2.45, 2.75) is 4.90 Å². The summed E-state index contributed by atoms with van der Waals surface area (Å²) in [6.45, 7) is -0.0734. The van der Waals surface area contributed by atoms with Gasteiger partial charge >= 0.3 is 0 Å². The Hall–Kier alpha value is -1.72. The number of methoxy groups -OCH3 is 1. The largest absolute Gasteiger partial charge is 0.497 e. The molecule has 0 N–H and O–H groups in total. The monoisotopic (exact) mass is 241 g/mol. The van der Waals surface area contributed by atoms with Crippen molar-refractivity contribution in [1.29, 1.82) is 0 Å². The van der Waals surface area contributed by atoms with Gasteiger partial charge in [-0.3, -0.25) is 0 Å². The molecule has 0 bridgehead atoms. The predicted octanol–water partition coefficient (Wildman–Crippen LogP) is 1.78. The van der Waals surface area contributed by atoms with Crippen molar-refractivity contribution >= 4 is 9.84 Å². The Morgan fingerprint density at radius 2 is 2.25 bits per heavy atom. The highest BCUT2D eigenvalue weighted by atomic mass is 32.2. The summed E-state index contributed by atoms with van der Waals surface area (Å²) >= 11 is 0. The topological polar surface area (TPSA) is 92.1 Å². The summed E-state index contributed by atoms with van der Waals surface area (Å²) in [6, 6.07) is 6.17. The van der Waals surface area contributed by atoms with Crippen LogP contribution in [-0.4, -0.2) is 27.8 Å². The van der Waals surface area contributed by atoms with E-state index in [0.29, 0.717) is 5.75 Å². The molecule has 0 radical (unpaired) electrons. The zero-order valence-electron chi connectivity index (χ0n) is 8.70. The summed E-state index contributed by atoms with van der Waals surface area (Å²) in [7, 11) is -1.95. The lowest BCUT2D eigenvalue weighted by Gasteiger charge is -2.04. The first-order valence-corrected chi connectivity index (χ1v) is 6.13. The Morgan fingerprint density at radius 3 is 2.88 bits per heavy atom. The molecular weight excluding hydrogens is 230 g/mol. The number of ether oxygens (including phenoxy) is 1. The quantitative estimate of drug-likeness (QED) is 0.446.